The maximum absolute atomic E-state index is 12.2. The van der Waals surface area contributed by atoms with Crippen LogP contribution in [0.15, 0.2) is 29.3 Å². The summed E-state index contributed by atoms with van der Waals surface area (Å²) in [6.45, 7) is 8.41. The molecule has 0 aromatic heterocycles. The van der Waals surface area contributed by atoms with Crippen LogP contribution in [-0.2, 0) is 11.2 Å². The standard InChI is InChI=1S/C22H37N5O/c1-7-17-8-10-18(11-9-17)20(26(5)6)14-24-22(23-4)25-19-12-13-27(15-19)21(28)16(2)3/h8-11,16,19-20H,7,12-15H2,1-6H3,(H2,23,24,25). The van der Waals surface area contributed by atoms with Crippen molar-refractivity contribution in [2.45, 2.75) is 45.7 Å². The third-order valence-electron chi connectivity index (χ3n) is 5.42. The van der Waals surface area contributed by atoms with Crippen LogP contribution in [0.5, 0.6) is 0 Å². The minimum absolute atomic E-state index is 0.0520. The van der Waals surface area contributed by atoms with Crippen molar-refractivity contribution in [1.82, 2.24) is 20.4 Å². The molecule has 2 N–H and O–H groups in total. The molecule has 1 aliphatic rings. The van der Waals surface area contributed by atoms with Gasteiger partial charge in [0.2, 0.25) is 5.91 Å². The molecular weight excluding hydrogens is 350 g/mol. The Kier molecular flexibility index (Phi) is 8.30. The third-order valence-corrected chi connectivity index (χ3v) is 5.42. The molecule has 2 atom stereocenters. The SMILES string of the molecule is CCc1ccc(C(CNC(=NC)NC2CCN(C(=O)C(C)C)C2)N(C)C)cc1. The number of carbonyl (C=O) groups excluding carboxylic acids is 1. The first kappa shape index (κ1) is 22.2. The lowest BCUT2D eigenvalue weighted by molar-refractivity contribution is -0.133. The molecule has 1 fully saturated rings. The zero-order chi connectivity index (χ0) is 20.7. The molecule has 6 nitrogen and oxygen atoms in total. The number of aliphatic imine (C=N–C) groups is 1. The van der Waals surface area contributed by atoms with Crippen LogP contribution >= 0.6 is 0 Å². The Hall–Kier alpha value is -2.08. The quantitative estimate of drug-likeness (QED) is 0.557. The number of nitrogens with one attached hydrogen (secondary N) is 2. The molecule has 2 unspecified atom stereocenters. The molecule has 0 saturated carbocycles. The third kappa shape index (κ3) is 5.96. The highest BCUT2D eigenvalue weighted by Gasteiger charge is 2.28. The van der Waals surface area contributed by atoms with Gasteiger partial charge in [-0.2, -0.15) is 0 Å². The van der Waals surface area contributed by atoms with Crippen LogP contribution in [0.1, 0.15) is 44.4 Å². The van der Waals surface area contributed by atoms with E-state index in [9.17, 15) is 4.79 Å². The number of hydrogen-bond acceptors (Lipinski definition) is 3. The van der Waals surface area contributed by atoms with Gasteiger partial charge in [0, 0.05) is 38.6 Å². The average molecular weight is 388 g/mol. The number of rotatable bonds is 7. The fraction of sp³-hybridized carbons (Fsp3) is 0.636. The van der Waals surface area contributed by atoms with Crippen LogP contribution in [0.3, 0.4) is 0 Å². The Morgan fingerprint density at radius 2 is 1.96 bits per heavy atom. The molecule has 0 aliphatic carbocycles. The molecule has 1 saturated heterocycles. The number of nitrogens with zero attached hydrogens (tertiary/aromatic N) is 3. The first-order valence-corrected chi connectivity index (χ1v) is 10.4. The van der Waals surface area contributed by atoms with Gasteiger partial charge in [-0.15, -0.1) is 0 Å². The van der Waals surface area contributed by atoms with E-state index in [0.717, 1.165) is 38.4 Å². The number of benzene rings is 1. The van der Waals surface area contributed by atoms with Crippen LogP contribution in [0.2, 0.25) is 0 Å². The number of likely N-dealkylation sites (N-methyl/N-ethyl adjacent to an activating group) is 1. The second kappa shape index (κ2) is 10.5. The second-order valence-corrected chi connectivity index (χ2v) is 8.10. The number of hydrogen-bond donors (Lipinski definition) is 2. The van der Waals surface area contributed by atoms with E-state index in [0.29, 0.717) is 0 Å². The van der Waals surface area contributed by atoms with Gasteiger partial charge in [-0.1, -0.05) is 45.0 Å². The molecule has 0 radical (unpaired) electrons. The molecule has 1 aromatic carbocycles. The second-order valence-electron chi connectivity index (χ2n) is 8.10. The van der Waals surface area contributed by atoms with Crippen LogP contribution in [0, 0.1) is 5.92 Å². The number of likely N-dealkylation sites (tertiary alicyclic amines) is 1. The fourth-order valence-electron chi connectivity index (χ4n) is 3.60. The highest BCUT2D eigenvalue weighted by molar-refractivity contribution is 5.81. The molecule has 156 valence electrons. The largest absolute Gasteiger partial charge is 0.354 e. The van der Waals surface area contributed by atoms with Gasteiger partial charge in [0.25, 0.3) is 0 Å². The van der Waals surface area contributed by atoms with E-state index in [2.05, 4.69) is 65.8 Å². The highest BCUT2D eigenvalue weighted by Crippen LogP contribution is 2.18. The fourth-order valence-corrected chi connectivity index (χ4v) is 3.60. The lowest BCUT2D eigenvalue weighted by atomic mass is 10.0. The van der Waals surface area contributed by atoms with Crippen molar-refractivity contribution in [3.8, 4) is 0 Å². The monoisotopic (exact) mass is 387 g/mol. The smallest absolute Gasteiger partial charge is 0.225 e. The summed E-state index contributed by atoms with van der Waals surface area (Å²) in [5.41, 5.74) is 2.65. The Morgan fingerprint density at radius 1 is 1.29 bits per heavy atom. The van der Waals surface area contributed by atoms with Crippen LogP contribution < -0.4 is 10.6 Å². The van der Waals surface area contributed by atoms with E-state index in [1.807, 2.05) is 18.7 Å². The Labute approximate surface area is 170 Å². The Bertz CT molecular complexity index is 653. The van der Waals surface area contributed by atoms with Crippen LogP contribution in [0.25, 0.3) is 0 Å². The maximum Gasteiger partial charge on any atom is 0.225 e. The van der Waals surface area contributed by atoms with Crippen molar-refractivity contribution < 1.29 is 4.79 Å². The number of carbonyl (C=O) groups is 1. The Morgan fingerprint density at radius 3 is 2.50 bits per heavy atom. The summed E-state index contributed by atoms with van der Waals surface area (Å²) in [5, 5.41) is 6.95. The van der Waals surface area contributed by atoms with Gasteiger partial charge >= 0.3 is 0 Å². The molecule has 2 rings (SSSR count). The van der Waals surface area contributed by atoms with E-state index in [-0.39, 0.29) is 23.9 Å². The molecule has 1 heterocycles. The summed E-state index contributed by atoms with van der Waals surface area (Å²) in [5.74, 6) is 1.08. The van der Waals surface area contributed by atoms with E-state index in [1.165, 1.54) is 11.1 Å². The molecular formula is C22H37N5O. The molecule has 1 aliphatic heterocycles. The molecule has 1 aromatic rings. The van der Waals surface area contributed by atoms with Gasteiger partial charge in [-0.3, -0.25) is 9.79 Å². The van der Waals surface area contributed by atoms with Crippen LogP contribution in [-0.4, -0.2) is 68.5 Å². The summed E-state index contributed by atoms with van der Waals surface area (Å²) in [7, 11) is 5.99. The predicted molar refractivity (Wildman–Crippen MR) is 117 cm³/mol. The van der Waals surface area contributed by atoms with Crippen molar-refractivity contribution >= 4 is 11.9 Å². The highest BCUT2D eigenvalue weighted by atomic mass is 16.2. The minimum atomic E-state index is 0.0520. The van der Waals surface area contributed by atoms with Crippen molar-refractivity contribution in [2.75, 3.05) is 40.8 Å². The molecule has 1 amide bonds. The number of amides is 1. The van der Waals surface area contributed by atoms with Crippen molar-refractivity contribution in [2.24, 2.45) is 10.9 Å². The molecule has 0 bridgehead atoms. The van der Waals surface area contributed by atoms with Crippen LogP contribution in [0.4, 0.5) is 0 Å². The van der Waals surface area contributed by atoms with Gasteiger partial charge in [0.05, 0.1) is 6.04 Å². The summed E-state index contributed by atoms with van der Waals surface area (Å²) in [4.78, 5) is 20.7. The average Bonchev–Trinajstić information content (AvgIpc) is 3.15. The minimum Gasteiger partial charge on any atom is -0.354 e. The Balaban J connectivity index is 1.91. The van der Waals surface area contributed by atoms with E-state index in [1.54, 1.807) is 7.05 Å². The lowest BCUT2D eigenvalue weighted by Crippen LogP contribution is -2.47. The lowest BCUT2D eigenvalue weighted by Gasteiger charge is -2.27. The van der Waals surface area contributed by atoms with Gasteiger partial charge < -0.3 is 20.4 Å². The van der Waals surface area contributed by atoms with Crippen molar-refractivity contribution in [3.63, 3.8) is 0 Å². The number of guanidine groups is 1. The molecule has 28 heavy (non-hydrogen) atoms. The molecule has 0 spiro atoms. The van der Waals surface area contributed by atoms with Gasteiger partial charge in [-0.25, -0.2) is 0 Å². The van der Waals surface area contributed by atoms with Crippen molar-refractivity contribution in [3.05, 3.63) is 35.4 Å². The maximum atomic E-state index is 12.2. The molecule has 6 heteroatoms. The zero-order valence-corrected chi connectivity index (χ0v) is 18.3. The van der Waals surface area contributed by atoms with Gasteiger partial charge in [-0.05, 0) is 38.1 Å². The van der Waals surface area contributed by atoms with Gasteiger partial charge in [0.1, 0.15) is 0 Å². The summed E-state index contributed by atoms with van der Waals surface area (Å²) >= 11 is 0. The van der Waals surface area contributed by atoms with E-state index in [4.69, 9.17) is 0 Å². The first-order chi connectivity index (χ1) is 13.3. The summed E-state index contributed by atoms with van der Waals surface area (Å²) in [6.07, 6.45) is 2.01. The van der Waals surface area contributed by atoms with Crippen molar-refractivity contribution in [1.29, 1.82) is 0 Å². The summed E-state index contributed by atoms with van der Waals surface area (Å²) < 4.78 is 0. The van der Waals surface area contributed by atoms with E-state index >= 15 is 0 Å². The summed E-state index contributed by atoms with van der Waals surface area (Å²) in [6, 6.07) is 9.35. The normalized spacial score (nSPS) is 18.6. The zero-order valence-electron chi connectivity index (χ0n) is 18.3. The topological polar surface area (TPSA) is 60.0 Å². The predicted octanol–water partition coefficient (Wildman–Crippen LogP) is 2.27. The number of aryl methyl sites for hydroxylation is 1. The first-order valence-electron chi connectivity index (χ1n) is 10.4. The van der Waals surface area contributed by atoms with E-state index < -0.39 is 0 Å². The van der Waals surface area contributed by atoms with Gasteiger partial charge in [0.15, 0.2) is 5.96 Å².